The van der Waals surface area contributed by atoms with E-state index in [0.717, 1.165) is 50.3 Å². The summed E-state index contributed by atoms with van der Waals surface area (Å²) in [5.74, 6) is 0.752. The Morgan fingerprint density at radius 1 is 1.23 bits per heavy atom. The topological polar surface area (TPSA) is 62.2 Å². The summed E-state index contributed by atoms with van der Waals surface area (Å²) >= 11 is 0. The van der Waals surface area contributed by atoms with E-state index in [1.165, 1.54) is 0 Å². The van der Waals surface area contributed by atoms with Crippen molar-refractivity contribution in [2.75, 3.05) is 20.1 Å². The fourth-order valence-electron chi connectivity index (χ4n) is 3.56. The molecule has 1 aliphatic heterocycles. The lowest BCUT2D eigenvalue weighted by Gasteiger charge is -2.27. The van der Waals surface area contributed by atoms with E-state index in [1.54, 1.807) is 6.20 Å². The zero-order chi connectivity index (χ0) is 18.5. The van der Waals surface area contributed by atoms with Crippen molar-refractivity contribution in [3.05, 3.63) is 53.4 Å². The fraction of sp³-hybridized carbons (Fsp3) is 0.500. The minimum atomic E-state index is 0.0514. The molecule has 26 heavy (non-hydrogen) atoms. The Morgan fingerprint density at radius 3 is 2.81 bits per heavy atom. The molecule has 2 aromatic heterocycles. The molecule has 1 unspecified atom stereocenters. The number of carbonyl (C=O) groups is 1. The van der Waals surface area contributed by atoms with Gasteiger partial charge < -0.3 is 4.90 Å². The molecule has 0 radical (unpaired) electrons. The van der Waals surface area contributed by atoms with E-state index in [4.69, 9.17) is 0 Å². The summed E-state index contributed by atoms with van der Waals surface area (Å²) in [7, 11) is 2.15. The number of likely N-dealkylation sites (tertiary alicyclic amines) is 1. The van der Waals surface area contributed by atoms with Crippen LogP contribution in [0.2, 0.25) is 0 Å². The Balaban J connectivity index is 1.61. The van der Waals surface area contributed by atoms with Gasteiger partial charge in [-0.25, -0.2) is 9.97 Å². The standard InChI is InChI=1S/C20H27N5O/c1-15-19(13-22-16(2)23-15)20(26)25-11-6-8-18(9-12-25)24(3)14-17-7-4-5-10-21-17/h4-5,7,10,13,18H,6,8-9,11-12,14H2,1-3H3. The minimum absolute atomic E-state index is 0.0514. The van der Waals surface area contributed by atoms with E-state index in [1.807, 2.05) is 37.1 Å². The van der Waals surface area contributed by atoms with Crippen molar-refractivity contribution < 1.29 is 4.79 Å². The quantitative estimate of drug-likeness (QED) is 0.845. The average molecular weight is 353 g/mol. The lowest BCUT2D eigenvalue weighted by molar-refractivity contribution is 0.0755. The third-order valence-corrected chi connectivity index (χ3v) is 5.08. The molecule has 0 saturated carbocycles. The first-order chi connectivity index (χ1) is 12.5. The maximum atomic E-state index is 12.9. The van der Waals surface area contributed by atoms with Gasteiger partial charge >= 0.3 is 0 Å². The molecule has 0 spiro atoms. The average Bonchev–Trinajstić information content (AvgIpc) is 2.88. The number of rotatable bonds is 4. The highest BCUT2D eigenvalue weighted by atomic mass is 16.2. The molecule has 138 valence electrons. The summed E-state index contributed by atoms with van der Waals surface area (Å²) in [5.41, 5.74) is 2.46. The zero-order valence-electron chi connectivity index (χ0n) is 15.9. The maximum absolute atomic E-state index is 12.9. The first-order valence-corrected chi connectivity index (χ1v) is 9.24. The molecular formula is C20H27N5O. The number of hydrogen-bond donors (Lipinski definition) is 0. The van der Waals surface area contributed by atoms with Crippen LogP contribution in [0, 0.1) is 13.8 Å². The maximum Gasteiger partial charge on any atom is 0.257 e. The molecule has 1 atom stereocenters. The highest BCUT2D eigenvalue weighted by Gasteiger charge is 2.25. The molecule has 1 fully saturated rings. The van der Waals surface area contributed by atoms with Gasteiger partial charge in [0, 0.05) is 38.1 Å². The van der Waals surface area contributed by atoms with Crippen LogP contribution < -0.4 is 0 Å². The Bertz CT molecular complexity index is 749. The van der Waals surface area contributed by atoms with Crippen LogP contribution in [0.1, 0.15) is 46.8 Å². The predicted octanol–water partition coefficient (Wildman–Crippen LogP) is 2.62. The first kappa shape index (κ1) is 18.5. The largest absolute Gasteiger partial charge is 0.338 e. The van der Waals surface area contributed by atoms with Gasteiger partial charge in [0.25, 0.3) is 5.91 Å². The zero-order valence-corrected chi connectivity index (χ0v) is 15.9. The molecule has 0 aliphatic carbocycles. The smallest absolute Gasteiger partial charge is 0.257 e. The second-order valence-electron chi connectivity index (χ2n) is 7.03. The molecule has 6 heteroatoms. The van der Waals surface area contributed by atoms with E-state index < -0.39 is 0 Å². The number of hydrogen-bond acceptors (Lipinski definition) is 5. The number of carbonyl (C=O) groups excluding carboxylic acids is 1. The van der Waals surface area contributed by atoms with Crippen molar-refractivity contribution in [2.45, 2.75) is 45.7 Å². The van der Waals surface area contributed by atoms with Crippen LogP contribution in [0.5, 0.6) is 0 Å². The van der Waals surface area contributed by atoms with E-state index in [-0.39, 0.29) is 5.91 Å². The summed E-state index contributed by atoms with van der Waals surface area (Å²) in [4.78, 5) is 30.1. The van der Waals surface area contributed by atoms with Gasteiger partial charge in [-0.3, -0.25) is 14.7 Å². The molecule has 3 rings (SSSR count). The van der Waals surface area contributed by atoms with E-state index in [9.17, 15) is 4.79 Å². The Hall–Kier alpha value is -2.34. The van der Waals surface area contributed by atoms with E-state index >= 15 is 0 Å². The van der Waals surface area contributed by atoms with Gasteiger partial charge in [-0.15, -0.1) is 0 Å². The van der Waals surface area contributed by atoms with Gasteiger partial charge in [-0.1, -0.05) is 6.07 Å². The first-order valence-electron chi connectivity index (χ1n) is 9.24. The Kier molecular flexibility index (Phi) is 5.93. The van der Waals surface area contributed by atoms with Gasteiger partial charge in [0.05, 0.1) is 17.0 Å². The van der Waals surface area contributed by atoms with Crippen molar-refractivity contribution in [3.63, 3.8) is 0 Å². The highest BCUT2D eigenvalue weighted by Crippen LogP contribution is 2.19. The van der Waals surface area contributed by atoms with Crippen molar-refractivity contribution in [3.8, 4) is 0 Å². The molecular weight excluding hydrogens is 326 g/mol. The highest BCUT2D eigenvalue weighted by molar-refractivity contribution is 5.94. The summed E-state index contributed by atoms with van der Waals surface area (Å²) in [6.07, 6.45) is 6.57. The Labute approximate surface area is 155 Å². The second kappa shape index (κ2) is 8.36. The lowest BCUT2D eigenvalue weighted by Crippen LogP contribution is -2.35. The van der Waals surface area contributed by atoms with Crippen LogP contribution in [0.3, 0.4) is 0 Å². The van der Waals surface area contributed by atoms with Crippen LogP contribution in [0.25, 0.3) is 0 Å². The van der Waals surface area contributed by atoms with Crippen LogP contribution in [0.15, 0.2) is 30.6 Å². The summed E-state index contributed by atoms with van der Waals surface area (Å²) in [5, 5.41) is 0. The van der Waals surface area contributed by atoms with Gasteiger partial charge in [-0.2, -0.15) is 0 Å². The van der Waals surface area contributed by atoms with E-state index in [0.29, 0.717) is 17.4 Å². The molecule has 1 amide bonds. The van der Waals surface area contributed by atoms with Gasteiger partial charge in [0.1, 0.15) is 5.82 Å². The van der Waals surface area contributed by atoms with Crippen molar-refractivity contribution in [1.29, 1.82) is 0 Å². The summed E-state index contributed by atoms with van der Waals surface area (Å²) < 4.78 is 0. The number of amides is 1. The van der Waals surface area contributed by atoms with Crippen molar-refractivity contribution in [1.82, 2.24) is 24.8 Å². The SMILES string of the molecule is Cc1ncc(C(=O)N2CCCC(N(C)Cc3ccccn3)CC2)c(C)n1. The molecule has 2 aromatic rings. The molecule has 0 bridgehead atoms. The minimum Gasteiger partial charge on any atom is -0.338 e. The number of aryl methyl sites for hydroxylation is 2. The number of nitrogens with zero attached hydrogens (tertiary/aromatic N) is 5. The third-order valence-electron chi connectivity index (χ3n) is 5.08. The second-order valence-corrected chi connectivity index (χ2v) is 7.03. The molecule has 6 nitrogen and oxygen atoms in total. The van der Waals surface area contributed by atoms with Crippen LogP contribution in [-0.2, 0) is 6.54 Å². The van der Waals surface area contributed by atoms with Gasteiger partial charge in [0.2, 0.25) is 0 Å². The van der Waals surface area contributed by atoms with E-state index in [2.05, 4.69) is 33.0 Å². The van der Waals surface area contributed by atoms with Gasteiger partial charge in [0.15, 0.2) is 0 Å². The molecule has 1 saturated heterocycles. The normalized spacial score (nSPS) is 18.0. The van der Waals surface area contributed by atoms with Gasteiger partial charge in [-0.05, 0) is 52.3 Å². The molecule has 0 aromatic carbocycles. The van der Waals surface area contributed by atoms with Crippen molar-refractivity contribution in [2.24, 2.45) is 0 Å². The molecule has 3 heterocycles. The number of pyridine rings is 1. The Morgan fingerprint density at radius 2 is 2.08 bits per heavy atom. The van der Waals surface area contributed by atoms with Crippen LogP contribution in [-0.4, -0.2) is 56.8 Å². The van der Waals surface area contributed by atoms with Crippen LogP contribution in [0.4, 0.5) is 0 Å². The molecule has 1 aliphatic rings. The lowest BCUT2D eigenvalue weighted by atomic mass is 10.1. The summed E-state index contributed by atoms with van der Waals surface area (Å²) in [6.45, 7) is 6.12. The molecule has 0 N–H and O–H groups in total. The third kappa shape index (κ3) is 4.43. The predicted molar refractivity (Wildman–Crippen MR) is 101 cm³/mol. The monoisotopic (exact) mass is 353 g/mol. The summed E-state index contributed by atoms with van der Waals surface area (Å²) in [6, 6.07) is 6.49. The number of aromatic nitrogens is 3. The fourth-order valence-corrected chi connectivity index (χ4v) is 3.56. The van der Waals surface area contributed by atoms with Crippen LogP contribution >= 0.6 is 0 Å². The van der Waals surface area contributed by atoms with Crippen molar-refractivity contribution >= 4 is 5.91 Å².